The molecule has 1 radical (unpaired) electrons. The average molecular weight is 191 g/mol. The molecule has 0 aliphatic carbocycles. The van der Waals surface area contributed by atoms with Crippen LogP contribution in [-0.4, -0.2) is 17.4 Å². The van der Waals surface area contributed by atoms with Crippen LogP contribution < -0.4 is 5.32 Å². The van der Waals surface area contributed by atoms with Crippen molar-refractivity contribution in [2.45, 2.75) is 20.3 Å². The van der Waals surface area contributed by atoms with Crippen LogP contribution in [-0.2, 0) is 0 Å². The number of pyridine rings is 1. The highest BCUT2D eigenvalue weighted by Crippen LogP contribution is 2.00. The summed E-state index contributed by atoms with van der Waals surface area (Å²) in [5, 5.41) is 2.81. The van der Waals surface area contributed by atoms with E-state index in [0.29, 0.717) is 12.2 Å². The number of amides is 1. The monoisotopic (exact) mass is 191 g/mol. The molecule has 0 atom stereocenters. The summed E-state index contributed by atoms with van der Waals surface area (Å²) in [5.41, 5.74) is 0.473. The summed E-state index contributed by atoms with van der Waals surface area (Å²) < 4.78 is 0. The molecule has 3 heteroatoms. The Labute approximate surface area is 84.6 Å². The van der Waals surface area contributed by atoms with Crippen molar-refractivity contribution in [2.24, 2.45) is 0 Å². The lowest BCUT2D eigenvalue weighted by molar-refractivity contribution is 0.0949. The van der Waals surface area contributed by atoms with Gasteiger partial charge in [-0.2, -0.15) is 0 Å². The van der Waals surface area contributed by atoms with Gasteiger partial charge in [-0.15, -0.1) is 0 Å². The third-order valence-corrected chi connectivity index (χ3v) is 1.81. The molecule has 0 aliphatic rings. The summed E-state index contributed by atoms with van der Waals surface area (Å²) in [6, 6.07) is 5.30. The molecule has 0 aromatic carbocycles. The maximum Gasteiger partial charge on any atom is 0.269 e. The van der Waals surface area contributed by atoms with Crippen LogP contribution in [0.1, 0.15) is 30.8 Å². The predicted molar refractivity (Wildman–Crippen MR) is 55.8 cm³/mol. The molecule has 3 nitrogen and oxygen atoms in total. The lowest BCUT2D eigenvalue weighted by Crippen LogP contribution is -2.25. The topological polar surface area (TPSA) is 42.0 Å². The Morgan fingerprint density at radius 2 is 2.21 bits per heavy atom. The highest BCUT2D eigenvalue weighted by atomic mass is 16.1. The van der Waals surface area contributed by atoms with E-state index in [-0.39, 0.29) is 5.91 Å². The molecule has 1 N–H and O–H groups in total. The quantitative estimate of drug-likeness (QED) is 0.788. The zero-order valence-corrected chi connectivity index (χ0v) is 8.58. The van der Waals surface area contributed by atoms with Crippen LogP contribution >= 0.6 is 0 Å². The maximum atomic E-state index is 11.4. The van der Waals surface area contributed by atoms with E-state index in [1.807, 2.05) is 13.8 Å². The van der Waals surface area contributed by atoms with Crippen LogP contribution in [0.25, 0.3) is 0 Å². The minimum absolute atomic E-state index is 0.105. The second-order valence-corrected chi connectivity index (χ2v) is 3.43. The molecule has 0 aliphatic heterocycles. The minimum atomic E-state index is -0.105. The van der Waals surface area contributed by atoms with E-state index in [4.69, 9.17) is 0 Å². The Kier molecular flexibility index (Phi) is 4.11. The van der Waals surface area contributed by atoms with E-state index in [2.05, 4.69) is 10.3 Å². The van der Waals surface area contributed by atoms with Crippen molar-refractivity contribution in [1.82, 2.24) is 10.3 Å². The van der Waals surface area contributed by atoms with E-state index in [0.717, 1.165) is 6.42 Å². The highest BCUT2D eigenvalue weighted by Gasteiger charge is 2.04. The van der Waals surface area contributed by atoms with Gasteiger partial charge >= 0.3 is 0 Å². The van der Waals surface area contributed by atoms with Gasteiger partial charge in [-0.05, 0) is 24.5 Å². The number of carbonyl (C=O) groups excluding carboxylic acids is 1. The van der Waals surface area contributed by atoms with Crippen LogP contribution in [0.4, 0.5) is 0 Å². The molecule has 14 heavy (non-hydrogen) atoms. The molecule has 0 unspecified atom stereocenters. The fourth-order valence-corrected chi connectivity index (χ4v) is 1.01. The zero-order valence-electron chi connectivity index (χ0n) is 8.58. The smallest absolute Gasteiger partial charge is 0.269 e. The van der Waals surface area contributed by atoms with Gasteiger partial charge in [0.2, 0.25) is 0 Å². The minimum Gasteiger partial charge on any atom is -0.351 e. The van der Waals surface area contributed by atoms with E-state index >= 15 is 0 Å². The van der Waals surface area contributed by atoms with Gasteiger partial charge in [-0.3, -0.25) is 9.78 Å². The summed E-state index contributed by atoms with van der Waals surface area (Å²) in [4.78, 5) is 15.4. The fraction of sp³-hybridized carbons (Fsp3) is 0.364. The molecule has 0 saturated heterocycles. The summed E-state index contributed by atoms with van der Waals surface area (Å²) in [6.45, 7) is 4.78. The predicted octanol–water partition coefficient (Wildman–Crippen LogP) is 1.82. The van der Waals surface area contributed by atoms with Gasteiger partial charge in [0.15, 0.2) is 0 Å². The average Bonchev–Trinajstić information content (AvgIpc) is 2.18. The van der Waals surface area contributed by atoms with E-state index in [1.54, 1.807) is 24.4 Å². The zero-order chi connectivity index (χ0) is 10.4. The number of hydrogen-bond acceptors (Lipinski definition) is 2. The molecular formula is C11H15N2O. The molecule has 0 bridgehead atoms. The number of nitrogens with zero attached hydrogens (tertiary/aromatic N) is 1. The molecule has 75 valence electrons. The molecule has 1 heterocycles. The van der Waals surface area contributed by atoms with E-state index < -0.39 is 0 Å². The van der Waals surface area contributed by atoms with Crippen LogP contribution in [0.3, 0.4) is 0 Å². The second-order valence-electron chi connectivity index (χ2n) is 3.43. The van der Waals surface area contributed by atoms with Gasteiger partial charge in [0, 0.05) is 12.7 Å². The van der Waals surface area contributed by atoms with Crippen molar-refractivity contribution in [1.29, 1.82) is 0 Å². The van der Waals surface area contributed by atoms with Crippen molar-refractivity contribution in [2.75, 3.05) is 6.54 Å². The number of rotatable bonds is 4. The van der Waals surface area contributed by atoms with Crippen molar-refractivity contribution < 1.29 is 4.79 Å². The van der Waals surface area contributed by atoms with Crippen LogP contribution in [0.2, 0.25) is 0 Å². The molecule has 1 rings (SSSR count). The Bertz CT molecular complexity index is 283. The van der Waals surface area contributed by atoms with Gasteiger partial charge in [0.1, 0.15) is 5.69 Å². The van der Waals surface area contributed by atoms with Gasteiger partial charge in [0.05, 0.1) is 0 Å². The number of aromatic nitrogens is 1. The van der Waals surface area contributed by atoms with Gasteiger partial charge in [-0.25, -0.2) is 0 Å². The molecular weight excluding hydrogens is 176 g/mol. The Balaban J connectivity index is 2.36. The normalized spacial score (nSPS) is 10.2. The Hall–Kier alpha value is -1.38. The molecule has 1 aromatic rings. The first-order valence-electron chi connectivity index (χ1n) is 4.68. The lowest BCUT2D eigenvalue weighted by Gasteiger charge is -2.05. The lowest BCUT2D eigenvalue weighted by atomic mass is 10.1. The third kappa shape index (κ3) is 3.56. The van der Waals surface area contributed by atoms with Crippen molar-refractivity contribution in [3.8, 4) is 0 Å². The number of nitrogens with one attached hydrogen (secondary N) is 1. The van der Waals surface area contributed by atoms with E-state index in [9.17, 15) is 4.79 Å². The Morgan fingerprint density at radius 1 is 1.43 bits per heavy atom. The molecule has 0 spiro atoms. The first-order valence-corrected chi connectivity index (χ1v) is 4.68. The molecule has 0 saturated carbocycles. The van der Waals surface area contributed by atoms with Gasteiger partial charge in [0.25, 0.3) is 5.91 Å². The van der Waals surface area contributed by atoms with Gasteiger partial charge in [-0.1, -0.05) is 19.9 Å². The fourth-order valence-electron chi connectivity index (χ4n) is 1.01. The first-order chi connectivity index (χ1) is 6.70. The molecule has 0 fully saturated rings. The largest absolute Gasteiger partial charge is 0.351 e. The number of hydrogen-bond donors (Lipinski definition) is 1. The Morgan fingerprint density at radius 3 is 2.79 bits per heavy atom. The summed E-state index contributed by atoms with van der Waals surface area (Å²) in [7, 11) is 0. The summed E-state index contributed by atoms with van der Waals surface area (Å²) in [5.74, 6) is 1.21. The van der Waals surface area contributed by atoms with Crippen LogP contribution in [0.15, 0.2) is 24.4 Å². The second kappa shape index (κ2) is 5.37. The van der Waals surface area contributed by atoms with Crippen molar-refractivity contribution in [3.63, 3.8) is 0 Å². The molecule has 1 amide bonds. The van der Waals surface area contributed by atoms with E-state index in [1.165, 1.54) is 5.92 Å². The van der Waals surface area contributed by atoms with Crippen molar-refractivity contribution in [3.05, 3.63) is 36.0 Å². The molecule has 1 aromatic heterocycles. The summed E-state index contributed by atoms with van der Waals surface area (Å²) in [6.07, 6.45) is 2.53. The van der Waals surface area contributed by atoms with Crippen molar-refractivity contribution >= 4 is 5.91 Å². The third-order valence-electron chi connectivity index (χ3n) is 1.81. The van der Waals surface area contributed by atoms with Gasteiger partial charge < -0.3 is 5.32 Å². The highest BCUT2D eigenvalue weighted by molar-refractivity contribution is 5.92. The van der Waals surface area contributed by atoms with Crippen LogP contribution in [0, 0.1) is 5.92 Å². The SMILES string of the molecule is C[C](C)CCNC(=O)c1ccccn1. The first kappa shape index (κ1) is 10.7. The summed E-state index contributed by atoms with van der Waals surface area (Å²) >= 11 is 0. The van der Waals surface area contributed by atoms with Crippen LogP contribution in [0.5, 0.6) is 0 Å². The number of carbonyl (C=O) groups is 1. The standard InChI is InChI=1S/C11H15N2O/c1-9(2)6-8-13-11(14)10-5-3-4-7-12-10/h3-5,7H,6,8H2,1-2H3,(H,13,14). The maximum absolute atomic E-state index is 11.4.